The Morgan fingerprint density at radius 3 is 2.88 bits per heavy atom. The van der Waals surface area contributed by atoms with Crippen LogP contribution >= 0.6 is 0 Å². The van der Waals surface area contributed by atoms with E-state index in [1.54, 1.807) is 12.4 Å². The van der Waals surface area contributed by atoms with Crippen LogP contribution in [0.2, 0.25) is 0 Å². The number of hydrogen-bond acceptors (Lipinski definition) is 5. The molecule has 2 rings (SSSR count). The highest BCUT2D eigenvalue weighted by atomic mass is 15.2. The van der Waals surface area contributed by atoms with Crippen molar-refractivity contribution in [1.29, 1.82) is 0 Å². The van der Waals surface area contributed by atoms with Crippen LogP contribution in [-0.2, 0) is 0 Å². The number of hydrogen-bond donors (Lipinski definition) is 2. The maximum atomic E-state index is 5.56. The van der Waals surface area contributed by atoms with Gasteiger partial charge in [0.15, 0.2) is 0 Å². The van der Waals surface area contributed by atoms with E-state index in [9.17, 15) is 0 Å². The third-order valence-corrected chi connectivity index (χ3v) is 3.26. The Labute approximate surface area is 102 Å². The van der Waals surface area contributed by atoms with Gasteiger partial charge in [0.2, 0.25) is 0 Å². The van der Waals surface area contributed by atoms with Gasteiger partial charge in [-0.25, -0.2) is 4.98 Å². The number of nitrogens with one attached hydrogen (secondary N) is 1. The molecule has 0 spiro atoms. The largest absolute Gasteiger partial charge is 0.382 e. The molecule has 0 aromatic carbocycles. The first kappa shape index (κ1) is 12.1. The minimum Gasteiger partial charge on any atom is -0.382 e. The normalized spacial score (nSPS) is 18.2. The molecule has 2 heterocycles. The Morgan fingerprint density at radius 1 is 1.41 bits per heavy atom. The van der Waals surface area contributed by atoms with Crippen molar-refractivity contribution in [1.82, 2.24) is 14.9 Å². The van der Waals surface area contributed by atoms with Crippen LogP contribution < -0.4 is 11.1 Å². The molecule has 1 aromatic heterocycles. The Balaban J connectivity index is 1.69. The van der Waals surface area contributed by atoms with Gasteiger partial charge < -0.3 is 16.0 Å². The van der Waals surface area contributed by atoms with E-state index in [1.165, 1.54) is 25.9 Å². The second-order valence-electron chi connectivity index (χ2n) is 4.78. The molecule has 0 amide bonds. The predicted molar refractivity (Wildman–Crippen MR) is 69.8 cm³/mol. The summed E-state index contributed by atoms with van der Waals surface area (Å²) < 4.78 is 0. The second kappa shape index (κ2) is 5.82. The van der Waals surface area contributed by atoms with Gasteiger partial charge in [-0.1, -0.05) is 6.92 Å². The Bertz CT molecular complexity index is 347. The van der Waals surface area contributed by atoms with Gasteiger partial charge in [0.25, 0.3) is 0 Å². The minimum atomic E-state index is 0.460. The summed E-state index contributed by atoms with van der Waals surface area (Å²) in [7, 11) is 0. The first-order valence-corrected chi connectivity index (χ1v) is 6.28. The summed E-state index contributed by atoms with van der Waals surface area (Å²) >= 11 is 0. The van der Waals surface area contributed by atoms with Crippen molar-refractivity contribution in [3.63, 3.8) is 0 Å². The summed E-state index contributed by atoms with van der Waals surface area (Å²) in [5.41, 5.74) is 5.56. The fourth-order valence-electron chi connectivity index (χ4n) is 2.09. The van der Waals surface area contributed by atoms with Crippen molar-refractivity contribution in [2.45, 2.75) is 19.8 Å². The zero-order chi connectivity index (χ0) is 12.1. The van der Waals surface area contributed by atoms with E-state index in [0.29, 0.717) is 5.82 Å². The summed E-state index contributed by atoms with van der Waals surface area (Å²) in [5, 5.41) is 3.25. The molecular formula is C12H21N5. The number of nitrogens with two attached hydrogens (primary N) is 1. The van der Waals surface area contributed by atoms with Gasteiger partial charge in [-0.2, -0.15) is 0 Å². The summed E-state index contributed by atoms with van der Waals surface area (Å²) in [5.74, 6) is 2.11. The summed E-state index contributed by atoms with van der Waals surface area (Å²) in [6.07, 6.45) is 5.89. The van der Waals surface area contributed by atoms with Crippen LogP contribution in [0.3, 0.4) is 0 Å². The van der Waals surface area contributed by atoms with Crippen molar-refractivity contribution in [3.8, 4) is 0 Å². The molecule has 5 heteroatoms. The number of aromatic nitrogens is 2. The molecule has 0 radical (unpaired) electrons. The first-order chi connectivity index (χ1) is 8.24. The Hall–Kier alpha value is -1.36. The van der Waals surface area contributed by atoms with Crippen molar-refractivity contribution in [2.24, 2.45) is 5.92 Å². The minimum absolute atomic E-state index is 0.460. The molecule has 3 N–H and O–H groups in total. The second-order valence-corrected chi connectivity index (χ2v) is 4.78. The summed E-state index contributed by atoms with van der Waals surface area (Å²) in [6.45, 7) is 6.71. The molecule has 1 fully saturated rings. The number of anilines is 2. The molecule has 0 bridgehead atoms. The lowest BCUT2D eigenvalue weighted by atomic mass is 9.99. The highest BCUT2D eigenvalue weighted by Crippen LogP contribution is 2.15. The summed E-state index contributed by atoms with van der Waals surface area (Å²) in [4.78, 5) is 10.6. The molecule has 1 aliphatic heterocycles. The van der Waals surface area contributed by atoms with E-state index in [0.717, 1.165) is 24.8 Å². The van der Waals surface area contributed by atoms with Crippen LogP contribution in [0.25, 0.3) is 0 Å². The van der Waals surface area contributed by atoms with E-state index < -0.39 is 0 Å². The monoisotopic (exact) mass is 235 g/mol. The van der Waals surface area contributed by atoms with Crippen LogP contribution in [-0.4, -0.2) is 41.0 Å². The fraction of sp³-hybridized carbons (Fsp3) is 0.667. The van der Waals surface area contributed by atoms with Gasteiger partial charge in [-0.3, -0.25) is 4.98 Å². The topological polar surface area (TPSA) is 67.1 Å². The van der Waals surface area contributed by atoms with Crippen LogP contribution in [0.15, 0.2) is 12.4 Å². The number of nitrogens with zero attached hydrogens (tertiary/aromatic N) is 3. The first-order valence-electron chi connectivity index (χ1n) is 6.28. The van der Waals surface area contributed by atoms with Gasteiger partial charge in [-0.05, 0) is 31.8 Å². The van der Waals surface area contributed by atoms with Crippen LogP contribution in [0.4, 0.5) is 11.6 Å². The molecule has 94 valence electrons. The van der Waals surface area contributed by atoms with E-state index >= 15 is 0 Å². The molecule has 0 unspecified atom stereocenters. The Kier molecular flexibility index (Phi) is 4.14. The van der Waals surface area contributed by atoms with Crippen molar-refractivity contribution >= 4 is 11.6 Å². The zero-order valence-corrected chi connectivity index (χ0v) is 10.4. The Morgan fingerprint density at radius 2 is 2.18 bits per heavy atom. The molecule has 17 heavy (non-hydrogen) atoms. The average Bonchev–Trinajstić information content (AvgIpc) is 2.32. The molecule has 0 saturated carbocycles. The quantitative estimate of drug-likeness (QED) is 0.821. The third kappa shape index (κ3) is 3.85. The average molecular weight is 235 g/mol. The molecule has 1 aromatic rings. The molecule has 0 aliphatic carbocycles. The highest BCUT2D eigenvalue weighted by Gasteiger charge is 2.14. The lowest BCUT2D eigenvalue weighted by Crippen LogP contribution is -2.36. The van der Waals surface area contributed by atoms with Crippen LogP contribution in [0.1, 0.15) is 19.8 Å². The molecule has 0 atom stereocenters. The van der Waals surface area contributed by atoms with Gasteiger partial charge in [-0.15, -0.1) is 0 Å². The highest BCUT2D eigenvalue weighted by molar-refractivity contribution is 5.38. The number of piperidine rings is 1. The number of likely N-dealkylation sites (tertiary alicyclic amines) is 1. The van der Waals surface area contributed by atoms with Gasteiger partial charge in [0.1, 0.15) is 11.6 Å². The maximum Gasteiger partial charge on any atom is 0.146 e. The molecule has 1 saturated heterocycles. The lowest BCUT2D eigenvalue weighted by Gasteiger charge is -2.30. The van der Waals surface area contributed by atoms with Crippen molar-refractivity contribution in [3.05, 3.63) is 12.4 Å². The zero-order valence-electron chi connectivity index (χ0n) is 10.4. The number of rotatable bonds is 4. The smallest absolute Gasteiger partial charge is 0.146 e. The van der Waals surface area contributed by atoms with Crippen LogP contribution in [0, 0.1) is 5.92 Å². The summed E-state index contributed by atoms with van der Waals surface area (Å²) in [6, 6.07) is 0. The maximum absolute atomic E-state index is 5.56. The van der Waals surface area contributed by atoms with Crippen molar-refractivity contribution in [2.75, 3.05) is 37.2 Å². The van der Waals surface area contributed by atoms with E-state index in [1.807, 2.05) is 0 Å². The SMILES string of the molecule is CC1CCN(CCNc2cncc(N)n2)CC1. The molecule has 1 aliphatic rings. The third-order valence-electron chi connectivity index (χ3n) is 3.26. The van der Waals surface area contributed by atoms with E-state index in [-0.39, 0.29) is 0 Å². The van der Waals surface area contributed by atoms with Crippen LogP contribution in [0.5, 0.6) is 0 Å². The van der Waals surface area contributed by atoms with Gasteiger partial charge >= 0.3 is 0 Å². The van der Waals surface area contributed by atoms with Gasteiger partial charge in [0.05, 0.1) is 12.4 Å². The molecular weight excluding hydrogens is 214 g/mol. The number of nitrogen functional groups attached to an aromatic ring is 1. The standard InChI is InChI=1S/C12H21N5/c1-10-2-5-17(6-3-10)7-4-15-12-9-14-8-11(13)16-12/h8-10H,2-7H2,1H3,(H3,13,15,16). The van der Waals surface area contributed by atoms with E-state index in [2.05, 4.69) is 27.1 Å². The predicted octanol–water partition coefficient (Wildman–Crippen LogP) is 1.20. The fourth-order valence-corrected chi connectivity index (χ4v) is 2.09. The van der Waals surface area contributed by atoms with Crippen molar-refractivity contribution < 1.29 is 0 Å². The van der Waals surface area contributed by atoms with Gasteiger partial charge in [0, 0.05) is 13.1 Å². The lowest BCUT2D eigenvalue weighted by molar-refractivity contribution is 0.199. The molecule has 5 nitrogen and oxygen atoms in total. The van der Waals surface area contributed by atoms with E-state index in [4.69, 9.17) is 5.73 Å².